The summed E-state index contributed by atoms with van der Waals surface area (Å²) in [6, 6.07) is 11.0. The van der Waals surface area contributed by atoms with Gasteiger partial charge in [0.2, 0.25) is 11.8 Å². The number of anilines is 2. The van der Waals surface area contributed by atoms with Crippen LogP contribution < -0.4 is 15.5 Å². The zero-order chi connectivity index (χ0) is 22.3. The lowest BCUT2D eigenvalue weighted by atomic mass is 10.1. The van der Waals surface area contributed by atoms with Gasteiger partial charge in [-0.1, -0.05) is 19.4 Å². The zero-order valence-electron chi connectivity index (χ0n) is 18.2. The molecular weight excluding hydrogens is 424 g/mol. The third-order valence-corrected chi connectivity index (χ3v) is 6.35. The molecule has 168 valence electrons. The highest BCUT2D eigenvalue weighted by Crippen LogP contribution is 2.25. The Bertz CT molecular complexity index is 1040. The molecule has 32 heavy (non-hydrogen) atoms. The molecule has 0 saturated carbocycles. The number of carbonyl (C=O) groups is 2. The van der Waals surface area contributed by atoms with Crippen molar-refractivity contribution < 1.29 is 14.0 Å². The van der Waals surface area contributed by atoms with Gasteiger partial charge in [-0.05, 0) is 49.6 Å². The topological polar surface area (TPSA) is 87.5 Å². The Balaban J connectivity index is 1.36. The van der Waals surface area contributed by atoms with E-state index in [1.54, 1.807) is 12.3 Å². The lowest BCUT2D eigenvalue weighted by Crippen LogP contribution is -2.44. The molecule has 0 spiro atoms. The Kier molecular flexibility index (Phi) is 7.21. The van der Waals surface area contributed by atoms with Crippen LogP contribution in [-0.4, -0.2) is 35.9 Å². The average molecular weight is 453 g/mol. The van der Waals surface area contributed by atoms with Crippen molar-refractivity contribution in [2.45, 2.75) is 45.1 Å². The van der Waals surface area contributed by atoms with Crippen molar-refractivity contribution in [3.05, 3.63) is 53.7 Å². The van der Waals surface area contributed by atoms with Gasteiger partial charge in [-0.2, -0.15) is 0 Å². The van der Waals surface area contributed by atoms with E-state index in [-0.39, 0.29) is 18.2 Å². The second-order valence-corrected chi connectivity index (χ2v) is 8.80. The minimum Gasteiger partial charge on any atom is -0.462 e. The molecule has 0 aliphatic carbocycles. The van der Waals surface area contributed by atoms with Gasteiger partial charge in [-0.25, -0.2) is 4.98 Å². The molecular formula is C24H28N4O3S. The van der Waals surface area contributed by atoms with Crippen LogP contribution >= 0.6 is 11.3 Å². The molecule has 1 atom stereocenters. The highest BCUT2D eigenvalue weighted by Gasteiger charge is 2.21. The van der Waals surface area contributed by atoms with Gasteiger partial charge in [0.25, 0.3) is 0 Å². The van der Waals surface area contributed by atoms with Crippen LogP contribution in [0.25, 0.3) is 10.8 Å². The first kappa shape index (κ1) is 22.1. The van der Waals surface area contributed by atoms with Crippen molar-refractivity contribution >= 4 is 34.5 Å². The Morgan fingerprint density at radius 2 is 2.06 bits per heavy atom. The van der Waals surface area contributed by atoms with E-state index < -0.39 is 6.04 Å². The van der Waals surface area contributed by atoms with Gasteiger partial charge in [-0.15, -0.1) is 11.3 Å². The van der Waals surface area contributed by atoms with Crippen LogP contribution in [-0.2, 0) is 16.0 Å². The molecule has 3 heterocycles. The Morgan fingerprint density at radius 1 is 1.22 bits per heavy atom. The number of rotatable bonds is 9. The molecule has 2 amide bonds. The first-order valence-electron chi connectivity index (χ1n) is 11.1. The van der Waals surface area contributed by atoms with Crippen LogP contribution in [0.2, 0.25) is 0 Å². The molecule has 0 bridgehead atoms. The van der Waals surface area contributed by atoms with Crippen LogP contribution in [0, 0.1) is 0 Å². The van der Waals surface area contributed by atoms with Gasteiger partial charge in [0.1, 0.15) is 6.04 Å². The normalized spacial score (nSPS) is 14.3. The van der Waals surface area contributed by atoms with Gasteiger partial charge >= 0.3 is 0 Å². The van der Waals surface area contributed by atoms with Crippen LogP contribution in [0.3, 0.4) is 0 Å². The Hall–Kier alpha value is -3.13. The first-order chi connectivity index (χ1) is 15.6. The summed E-state index contributed by atoms with van der Waals surface area (Å²) in [6.45, 7) is 4.09. The van der Waals surface area contributed by atoms with E-state index >= 15 is 0 Å². The third kappa shape index (κ3) is 5.56. The van der Waals surface area contributed by atoms with Crippen LogP contribution in [0.15, 0.2) is 52.5 Å². The zero-order valence-corrected chi connectivity index (χ0v) is 19.0. The molecule has 1 unspecified atom stereocenters. The second kappa shape index (κ2) is 10.5. The summed E-state index contributed by atoms with van der Waals surface area (Å²) >= 11 is 1.43. The van der Waals surface area contributed by atoms with E-state index in [2.05, 4.69) is 26.6 Å². The third-order valence-electron chi connectivity index (χ3n) is 5.44. The van der Waals surface area contributed by atoms with Gasteiger partial charge < -0.3 is 20.0 Å². The molecule has 1 aliphatic heterocycles. The molecule has 1 saturated heterocycles. The smallest absolute Gasteiger partial charge is 0.246 e. The second-order valence-electron chi connectivity index (χ2n) is 7.94. The number of hydrogen-bond acceptors (Lipinski definition) is 6. The number of hydrogen-bond donors (Lipinski definition) is 2. The fourth-order valence-electron chi connectivity index (χ4n) is 3.85. The van der Waals surface area contributed by atoms with E-state index in [4.69, 9.17) is 4.42 Å². The van der Waals surface area contributed by atoms with Crippen molar-refractivity contribution in [1.29, 1.82) is 0 Å². The first-order valence-corrected chi connectivity index (χ1v) is 11.9. The molecule has 3 aromatic rings. The minimum atomic E-state index is -0.592. The summed E-state index contributed by atoms with van der Waals surface area (Å²) in [5, 5.41) is 8.43. The van der Waals surface area contributed by atoms with Crippen LogP contribution in [0.4, 0.5) is 11.4 Å². The summed E-state index contributed by atoms with van der Waals surface area (Å²) in [7, 11) is 0. The van der Waals surface area contributed by atoms with Gasteiger partial charge in [0.15, 0.2) is 10.8 Å². The van der Waals surface area contributed by atoms with E-state index in [1.807, 2.05) is 36.6 Å². The maximum atomic E-state index is 12.9. The summed E-state index contributed by atoms with van der Waals surface area (Å²) in [5.74, 6) is 0.259. The highest BCUT2D eigenvalue weighted by molar-refractivity contribution is 7.13. The molecule has 8 heteroatoms. The maximum Gasteiger partial charge on any atom is 0.246 e. The summed E-state index contributed by atoms with van der Waals surface area (Å²) in [6.07, 6.45) is 5.46. The summed E-state index contributed by atoms with van der Waals surface area (Å²) < 4.78 is 5.35. The number of nitrogens with one attached hydrogen (secondary N) is 2. The molecule has 1 aliphatic rings. The fourth-order valence-corrected chi connectivity index (χ4v) is 4.64. The molecule has 4 rings (SSSR count). The summed E-state index contributed by atoms with van der Waals surface area (Å²) in [5.41, 5.74) is 2.53. The highest BCUT2D eigenvalue weighted by atomic mass is 32.1. The monoisotopic (exact) mass is 452 g/mol. The number of nitrogens with zero attached hydrogens (tertiary/aromatic N) is 2. The largest absolute Gasteiger partial charge is 0.462 e. The SMILES string of the molecule is CCCC(NC(=O)Cc1csc(-c2ccco2)n1)C(=O)Nc1cccc(N2CCCC2)c1. The standard InChI is InChI=1S/C24H28N4O3S/c1-2-7-20(23(30)25-17-8-5-9-19(14-17)28-11-3-4-12-28)27-22(29)15-18-16-32-24(26-18)21-10-6-13-31-21/h5-6,8-10,13-14,16,20H,2-4,7,11-12,15H2,1H3,(H,25,30)(H,27,29). The van der Waals surface area contributed by atoms with Crippen molar-refractivity contribution in [3.8, 4) is 10.8 Å². The molecule has 0 radical (unpaired) electrons. The molecule has 2 N–H and O–H groups in total. The fraction of sp³-hybridized carbons (Fsp3) is 0.375. The van der Waals surface area contributed by atoms with Gasteiger partial charge in [0, 0.05) is 29.8 Å². The average Bonchev–Trinajstić information content (AvgIpc) is 3.56. The van der Waals surface area contributed by atoms with Crippen LogP contribution in [0.5, 0.6) is 0 Å². The maximum absolute atomic E-state index is 12.9. The van der Waals surface area contributed by atoms with Gasteiger partial charge in [0.05, 0.1) is 18.4 Å². The Morgan fingerprint density at radius 3 is 2.81 bits per heavy atom. The predicted octanol–water partition coefficient (Wildman–Crippen LogP) is 4.47. The number of benzene rings is 1. The van der Waals surface area contributed by atoms with Crippen molar-refractivity contribution in [2.75, 3.05) is 23.3 Å². The molecule has 2 aromatic heterocycles. The van der Waals surface area contributed by atoms with Crippen LogP contribution in [0.1, 0.15) is 38.3 Å². The molecule has 7 nitrogen and oxygen atoms in total. The number of carbonyl (C=O) groups excluding carboxylic acids is 2. The Labute approximate surface area is 191 Å². The van der Waals surface area contributed by atoms with Crippen molar-refractivity contribution in [3.63, 3.8) is 0 Å². The number of furan rings is 1. The molecule has 1 aromatic carbocycles. The van der Waals surface area contributed by atoms with E-state index in [0.717, 1.165) is 35.9 Å². The van der Waals surface area contributed by atoms with Crippen molar-refractivity contribution in [1.82, 2.24) is 10.3 Å². The lowest BCUT2D eigenvalue weighted by Gasteiger charge is -2.20. The lowest BCUT2D eigenvalue weighted by molar-refractivity contribution is -0.126. The van der Waals surface area contributed by atoms with E-state index in [1.165, 1.54) is 24.2 Å². The van der Waals surface area contributed by atoms with Gasteiger partial charge in [-0.3, -0.25) is 9.59 Å². The number of aromatic nitrogens is 1. The predicted molar refractivity (Wildman–Crippen MR) is 127 cm³/mol. The van der Waals surface area contributed by atoms with E-state index in [9.17, 15) is 9.59 Å². The summed E-state index contributed by atoms with van der Waals surface area (Å²) in [4.78, 5) is 32.3. The quantitative estimate of drug-likeness (QED) is 0.500. The number of thiazole rings is 1. The van der Waals surface area contributed by atoms with E-state index in [0.29, 0.717) is 17.9 Å². The number of amides is 2. The molecule has 1 fully saturated rings. The minimum absolute atomic E-state index is 0.120. The van der Waals surface area contributed by atoms with Crippen molar-refractivity contribution in [2.24, 2.45) is 0 Å².